The van der Waals surface area contributed by atoms with Crippen LogP contribution in [0.15, 0.2) is 6.33 Å². The molecule has 0 aromatic carbocycles. The molecule has 0 aliphatic heterocycles. The van der Waals surface area contributed by atoms with E-state index in [-0.39, 0.29) is 11.5 Å². The summed E-state index contributed by atoms with van der Waals surface area (Å²) in [5, 5.41) is 17.2. The molecule has 1 heterocycles. The van der Waals surface area contributed by atoms with Crippen LogP contribution in [-0.4, -0.2) is 23.1 Å². The first-order valence-electron chi connectivity index (χ1n) is 5.05. The molecule has 0 unspecified atom stereocenters. The predicted octanol–water partition coefficient (Wildman–Crippen LogP) is 0.275. The van der Waals surface area contributed by atoms with Crippen LogP contribution >= 0.6 is 0 Å². The maximum Gasteiger partial charge on any atom is 0.157 e. The second-order valence-electron chi connectivity index (χ2n) is 3.30. The summed E-state index contributed by atoms with van der Waals surface area (Å²) in [5.41, 5.74) is 11.6. The number of anilines is 3. The standard InChI is InChI=1S/C10H13N7/c11-3-1-5-17(6-2-4-12)10-8(13)9(14)15-7-16-10/h7H,1-2,5-6,13H2,(H2,14,15,16). The minimum Gasteiger partial charge on any atom is -0.393 e. The van der Waals surface area contributed by atoms with Gasteiger partial charge in [-0.3, -0.25) is 0 Å². The molecular formula is C10H13N7. The van der Waals surface area contributed by atoms with Crippen molar-refractivity contribution in [3.05, 3.63) is 6.33 Å². The molecule has 7 heteroatoms. The average molecular weight is 231 g/mol. The summed E-state index contributed by atoms with van der Waals surface area (Å²) in [6.45, 7) is 0.914. The molecule has 1 aromatic rings. The molecule has 1 aromatic heterocycles. The molecular weight excluding hydrogens is 218 g/mol. The Morgan fingerprint density at radius 1 is 1.12 bits per heavy atom. The van der Waals surface area contributed by atoms with Crippen molar-refractivity contribution in [3.8, 4) is 12.1 Å². The topological polar surface area (TPSA) is 129 Å². The van der Waals surface area contributed by atoms with Crippen molar-refractivity contribution < 1.29 is 0 Å². The highest BCUT2D eigenvalue weighted by Crippen LogP contribution is 2.23. The first-order valence-corrected chi connectivity index (χ1v) is 5.05. The molecule has 0 amide bonds. The van der Waals surface area contributed by atoms with Crippen LogP contribution in [0.5, 0.6) is 0 Å². The molecule has 0 spiro atoms. The molecule has 0 atom stereocenters. The van der Waals surface area contributed by atoms with Crippen LogP contribution in [-0.2, 0) is 0 Å². The van der Waals surface area contributed by atoms with Gasteiger partial charge in [0.05, 0.1) is 25.0 Å². The second-order valence-corrected chi connectivity index (χ2v) is 3.30. The zero-order valence-corrected chi connectivity index (χ0v) is 9.30. The number of hydrogen-bond acceptors (Lipinski definition) is 7. The number of nitrogens with two attached hydrogens (primary N) is 2. The van der Waals surface area contributed by atoms with E-state index in [4.69, 9.17) is 22.0 Å². The minimum atomic E-state index is 0.203. The van der Waals surface area contributed by atoms with E-state index in [9.17, 15) is 0 Å². The molecule has 0 saturated carbocycles. The molecule has 4 N–H and O–H groups in total. The lowest BCUT2D eigenvalue weighted by atomic mass is 10.3. The Bertz CT molecular complexity index is 439. The van der Waals surface area contributed by atoms with E-state index in [1.54, 1.807) is 4.90 Å². The van der Waals surface area contributed by atoms with Crippen molar-refractivity contribution in [2.45, 2.75) is 12.8 Å². The number of nitrogens with zero attached hydrogens (tertiary/aromatic N) is 5. The zero-order valence-electron chi connectivity index (χ0n) is 9.30. The van der Waals surface area contributed by atoms with Crippen molar-refractivity contribution in [2.75, 3.05) is 29.5 Å². The summed E-state index contributed by atoms with van der Waals surface area (Å²) in [7, 11) is 0. The van der Waals surface area contributed by atoms with E-state index in [1.807, 2.05) is 12.1 Å². The maximum atomic E-state index is 8.58. The van der Waals surface area contributed by atoms with Gasteiger partial charge in [-0.2, -0.15) is 10.5 Å². The summed E-state index contributed by atoms with van der Waals surface area (Å²) < 4.78 is 0. The largest absolute Gasteiger partial charge is 0.393 e. The summed E-state index contributed by atoms with van der Waals surface area (Å²) in [4.78, 5) is 9.57. The smallest absolute Gasteiger partial charge is 0.157 e. The minimum absolute atomic E-state index is 0.203. The van der Waals surface area contributed by atoms with Crippen LogP contribution in [0.1, 0.15) is 12.8 Å². The highest BCUT2D eigenvalue weighted by Gasteiger charge is 2.13. The zero-order chi connectivity index (χ0) is 12.7. The number of aromatic nitrogens is 2. The van der Waals surface area contributed by atoms with Crippen molar-refractivity contribution in [2.24, 2.45) is 0 Å². The lowest BCUT2D eigenvalue weighted by molar-refractivity contribution is 0.782. The summed E-state index contributed by atoms with van der Waals surface area (Å²) >= 11 is 0. The fourth-order valence-corrected chi connectivity index (χ4v) is 1.34. The first kappa shape index (κ1) is 12.5. The Labute approximate surface area is 99.3 Å². The Morgan fingerprint density at radius 3 is 2.24 bits per heavy atom. The third kappa shape index (κ3) is 3.21. The number of rotatable bonds is 5. The molecule has 17 heavy (non-hydrogen) atoms. The van der Waals surface area contributed by atoms with E-state index in [1.165, 1.54) is 6.33 Å². The van der Waals surface area contributed by atoms with Gasteiger partial charge in [0.25, 0.3) is 0 Å². The molecule has 0 saturated heterocycles. The van der Waals surface area contributed by atoms with E-state index in [0.717, 1.165) is 0 Å². The lowest BCUT2D eigenvalue weighted by Crippen LogP contribution is -2.27. The van der Waals surface area contributed by atoms with E-state index in [2.05, 4.69) is 9.97 Å². The molecule has 88 valence electrons. The van der Waals surface area contributed by atoms with E-state index >= 15 is 0 Å². The van der Waals surface area contributed by atoms with Crippen LogP contribution in [0.4, 0.5) is 17.3 Å². The van der Waals surface area contributed by atoms with Gasteiger partial charge >= 0.3 is 0 Å². The van der Waals surface area contributed by atoms with Gasteiger partial charge in [-0.15, -0.1) is 0 Å². The SMILES string of the molecule is N#CCCN(CCC#N)c1ncnc(N)c1N. The Balaban J connectivity index is 2.92. The lowest BCUT2D eigenvalue weighted by Gasteiger charge is -2.22. The van der Waals surface area contributed by atoms with Gasteiger partial charge in [0.15, 0.2) is 11.6 Å². The van der Waals surface area contributed by atoms with Gasteiger partial charge in [-0.05, 0) is 0 Å². The third-order valence-electron chi connectivity index (χ3n) is 2.18. The summed E-state index contributed by atoms with van der Waals surface area (Å²) in [5.74, 6) is 0.678. The summed E-state index contributed by atoms with van der Waals surface area (Å²) in [6, 6.07) is 4.08. The highest BCUT2D eigenvalue weighted by molar-refractivity contribution is 5.73. The second kappa shape index (κ2) is 6.13. The fourth-order valence-electron chi connectivity index (χ4n) is 1.34. The first-order chi connectivity index (χ1) is 8.20. The van der Waals surface area contributed by atoms with Gasteiger partial charge in [-0.25, -0.2) is 9.97 Å². The van der Waals surface area contributed by atoms with Gasteiger partial charge in [-0.1, -0.05) is 0 Å². The average Bonchev–Trinajstić information content (AvgIpc) is 2.34. The molecule has 0 bridgehead atoms. The van der Waals surface area contributed by atoms with Crippen LogP contribution in [0.2, 0.25) is 0 Å². The molecule has 0 fully saturated rings. The van der Waals surface area contributed by atoms with Crippen molar-refractivity contribution in [1.29, 1.82) is 10.5 Å². The van der Waals surface area contributed by atoms with E-state index in [0.29, 0.717) is 31.7 Å². The van der Waals surface area contributed by atoms with Gasteiger partial charge < -0.3 is 16.4 Å². The van der Waals surface area contributed by atoms with Crippen molar-refractivity contribution in [1.82, 2.24) is 9.97 Å². The molecule has 0 radical (unpaired) electrons. The van der Waals surface area contributed by atoms with Gasteiger partial charge in [0, 0.05) is 13.1 Å². The Morgan fingerprint density at radius 2 is 1.71 bits per heavy atom. The summed E-state index contributed by atoms with van der Waals surface area (Å²) in [6.07, 6.45) is 1.97. The van der Waals surface area contributed by atoms with Gasteiger partial charge in [0.1, 0.15) is 12.0 Å². The van der Waals surface area contributed by atoms with Gasteiger partial charge in [0.2, 0.25) is 0 Å². The Kier molecular flexibility index (Phi) is 4.52. The number of nitriles is 2. The quantitative estimate of drug-likeness (QED) is 0.744. The number of hydrogen-bond donors (Lipinski definition) is 2. The van der Waals surface area contributed by atoms with Crippen LogP contribution in [0.25, 0.3) is 0 Å². The molecule has 0 aliphatic rings. The predicted molar refractivity (Wildman–Crippen MR) is 63.5 cm³/mol. The van der Waals surface area contributed by atoms with E-state index < -0.39 is 0 Å². The van der Waals surface area contributed by atoms with Crippen LogP contribution < -0.4 is 16.4 Å². The fraction of sp³-hybridized carbons (Fsp3) is 0.400. The molecule has 7 nitrogen and oxygen atoms in total. The van der Waals surface area contributed by atoms with Crippen molar-refractivity contribution >= 4 is 17.3 Å². The monoisotopic (exact) mass is 231 g/mol. The molecule has 0 aliphatic carbocycles. The normalized spacial score (nSPS) is 9.29. The molecule has 1 rings (SSSR count). The highest BCUT2D eigenvalue weighted by atomic mass is 15.2. The van der Waals surface area contributed by atoms with Crippen molar-refractivity contribution in [3.63, 3.8) is 0 Å². The van der Waals surface area contributed by atoms with Crippen LogP contribution in [0, 0.1) is 22.7 Å². The van der Waals surface area contributed by atoms with Crippen LogP contribution in [0.3, 0.4) is 0 Å². The Hall–Kier alpha value is -2.54. The maximum absolute atomic E-state index is 8.58. The third-order valence-corrected chi connectivity index (χ3v) is 2.18. The number of nitrogen functional groups attached to an aromatic ring is 2.